The van der Waals surface area contributed by atoms with Gasteiger partial charge in [0.05, 0.1) is 11.3 Å². The quantitative estimate of drug-likeness (QED) is 0.850. The second-order valence-corrected chi connectivity index (χ2v) is 3.87. The summed E-state index contributed by atoms with van der Waals surface area (Å²) in [6.45, 7) is 0. The van der Waals surface area contributed by atoms with Crippen LogP contribution in [0, 0.1) is 11.6 Å². The van der Waals surface area contributed by atoms with Gasteiger partial charge in [0, 0.05) is 10.5 Å². The lowest BCUT2D eigenvalue weighted by molar-refractivity contribution is 0.587. The maximum absolute atomic E-state index is 13.4. The monoisotopic (exact) mass is 309 g/mol. The van der Waals surface area contributed by atoms with Gasteiger partial charge in [-0.2, -0.15) is 5.10 Å². The number of hydrogen-bond acceptors (Lipinski definition) is 2. The summed E-state index contributed by atoms with van der Waals surface area (Å²) in [5, 5.41) is 6.06. The second-order valence-electron chi connectivity index (χ2n) is 2.95. The summed E-state index contributed by atoms with van der Waals surface area (Å²) in [5.41, 5.74) is 5.40. The average molecular weight is 311 g/mol. The number of hydrogen-bond donors (Lipinski definition) is 2. The zero-order valence-corrected chi connectivity index (χ0v) is 10.2. The summed E-state index contributed by atoms with van der Waals surface area (Å²) in [7, 11) is 0. The third-order valence-corrected chi connectivity index (χ3v) is 2.33. The first-order chi connectivity index (χ1) is 7.08. The number of anilines is 1. The van der Waals surface area contributed by atoms with Crippen LogP contribution in [0.4, 0.5) is 14.6 Å². The van der Waals surface area contributed by atoms with Crippen LogP contribution in [0.2, 0.25) is 0 Å². The van der Waals surface area contributed by atoms with E-state index in [9.17, 15) is 8.78 Å². The van der Waals surface area contributed by atoms with Crippen LogP contribution < -0.4 is 5.73 Å². The maximum Gasteiger partial charge on any atom is 0.145 e. The Morgan fingerprint density at radius 1 is 1.19 bits per heavy atom. The Bertz CT molecular complexity index is 492. The van der Waals surface area contributed by atoms with Gasteiger partial charge in [-0.1, -0.05) is 15.9 Å². The standard InChI is InChI=1S/C9H6BrF2N3.ClH/c10-4-1-5(11)9(6(12)2-4)7-3-8(13)15-14-7;/h1-3H,(H3,13,14,15);1H. The Labute approximate surface area is 105 Å². The van der Waals surface area contributed by atoms with E-state index in [2.05, 4.69) is 26.1 Å². The summed E-state index contributed by atoms with van der Waals surface area (Å²) >= 11 is 2.99. The van der Waals surface area contributed by atoms with Crippen molar-refractivity contribution < 1.29 is 8.78 Å². The Morgan fingerprint density at radius 3 is 2.19 bits per heavy atom. The lowest BCUT2D eigenvalue weighted by Gasteiger charge is -2.02. The van der Waals surface area contributed by atoms with Crippen molar-refractivity contribution in [2.75, 3.05) is 5.73 Å². The number of H-pyrrole nitrogens is 1. The number of nitrogens with zero attached hydrogens (tertiary/aromatic N) is 1. The molecule has 1 aromatic carbocycles. The van der Waals surface area contributed by atoms with Crippen LogP contribution in [0.1, 0.15) is 0 Å². The molecule has 3 nitrogen and oxygen atoms in total. The molecule has 0 fully saturated rings. The molecule has 0 aliphatic carbocycles. The Morgan fingerprint density at radius 2 is 1.75 bits per heavy atom. The number of aromatic nitrogens is 2. The number of nitrogen functional groups attached to an aromatic ring is 1. The first kappa shape index (κ1) is 12.9. The Kier molecular flexibility index (Phi) is 3.88. The predicted molar refractivity (Wildman–Crippen MR) is 63.3 cm³/mol. The maximum atomic E-state index is 13.4. The minimum Gasteiger partial charge on any atom is -0.382 e. The molecule has 0 spiro atoms. The number of aromatic amines is 1. The van der Waals surface area contributed by atoms with E-state index in [1.165, 1.54) is 18.2 Å². The van der Waals surface area contributed by atoms with Gasteiger partial charge in [0.2, 0.25) is 0 Å². The number of rotatable bonds is 1. The molecule has 0 bridgehead atoms. The normalized spacial score (nSPS) is 9.94. The average Bonchev–Trinajstić information content (AvgIpc) is 2.49. The van der Waals surface area contributed by atoms with Crippen molar-refractivity contribution in [1.82, 2.24) is 10.2 Å². The summed E-state index contributed by atoms with van der Waals surface area (Å²) in [5.74, 6) is -1.16. The van der Waals surface area contributed by atoms with Crippen molar-refractivity contribution in [1.29, 1.82) is 0 Å². The van der Waals surface area contributed by atoms with Crippen LogP contribution >= 0.6 is 28.3 Å². The lowest BCUT2D eigenvalue weighted by atomic mass is 10.1. The molecule has 1 aromatic heterocycles. The third-order valence-electron chi connectivity index (χ3n) is 1.87. The highest BCUT2D eigenvalue weighted by atomic mass is 79.9. The Balaban J connectivity index is 0.00000128. The number of halogens is 4. The number of nitrogens with one attached hydrogen (secondary N) is 1. The van der Waals surface area contributed by atoms with Gasteiger partial charge in [0.25, 0.3) is 0 Å². The van der Waals surface area contributed by atoms with Crippen molar-refractivity contribution in [2.24, 2.45) is 0 Å². The fourth-order valence-corrected chi connectivity index (χ4v) is 1.67. The molecule has 0 saturated heterocycles. The minimum absolute atomic E-state index is 0. The summed E-state index contributed by atoms with van der Waals surface area (Å²) in [6, 6.07) is 3.72. The molecule has 7 heteroatoms. The van der Waals surface area contributed by atoms with E-state index < -0.39 is 11.6 Å². The van der Waals surface area contributed by atoms with E-state index in [4.69, 9.17) is 5.73 Å². The molecule has 2 rings (SSSR count). The van der Waals surface area contributed by atoms with E-state index in [1.54, 1.807) is 0 Å². The molecular formula is C9H7BrClF2N3. The molecule has 0 saturated carbocycles. The van der Waals surface area contributed by atoms with Crippen molar-refractivity contribution in [3.8, 4) is 11.3 Å². The van der Waals surface area contributed by atoms with Gasteiger partial charge in [-0.05, 0) is 12.1 Å². The Hall–Kier alpha value is -1.14. The molecule has 0 unspecified atom stereocenters. The van der Waals surface area contributed by atoms with Gasteiger partial charge >= 0.3 is 0 Å². The van der Waals surface area contributed by atoms with Gasteiger partial charge in [-0.25, -0.2) is 8.78 Å². The van der Waals surface area contributed by atoms with Gasteiger partial charge in [0.1, 0.15) is 17.5 Å². The van der Waals surface area contributed by atoms with Crippen molar-refractivity contribution in [2.45, 2.75) is 0 Å². The highest BCUT2D eigenvalue weighted by molar-refractivity contribution is 9.10. The number of nitrogens with two attached hydrogens (primary N) is 1. The highest BCUT2D eigenvalue weighted by Gasteiger charge is 2.14. The first-order valence-corrected chi connectivity index (χ1v) is 4.83. The van der Waals surface area contributed by atoms with Crippen LogP contribution in [0.3, 0.4) is 0 Å². The van der Waals surface area contributed by atoms with Gasteiger partial charge in [-0.3, -0.25) is 5.10 Å². The van der Waals surface area contributed by atoms with E-state index in [0.717, 1.165) is 0 Å². The van der Waals surface area contributed by atoms with Crippen molar-refractivity contribution in [3.63, 3.8) is 0 Å². The van der Waals surface area contributed by atoms with Crippen LogP contribution in [-0.4, -0.2) is 10.2 Å². The third kappa shape index (κ3) is 2.33. The minimum atomic E-state index is -0.675. The molecule has 86 valence electrons. The molecule has 0 aliphatic heterocycles. The van der Waals surface area contributed by atoms with Crippen LogP contribution in [0.5, 0.6) is 0 Å². The van der Waals surface area contributed by atoms with Gasteiger partial charge < -0.3 is 5.73 Å². The molecule has 0 aliphatic rings. The largest absolute Gasteiger partial charge is 0.382 e. The molecule has 2 aromatic rings. The van der Waals surface area contributed by atoms with Gasteiger partial charge in [0.15, 0.2) is 0 Å². The van der Waals surface area contributed by atoms with Gasteiger partial charge in [-0.15, -0.1) is 12.4 Å². The van der Waals surface area contributed by atoms with Crippen LogP contribution in [-0.2, 0) is 0 Å². The zero-order chi connectivity index (χ0) is 11.0. The number of benzene rings is 1. The topological polar surface area (TPSA) is 54.7 Å². The molecule has 0 atom stereocenters. The van der Waals surface area contributed by atoms with Crippen LogP contribution in [0.25, 0.3) is 11.3 Å². The van der Waals surface area contributed by atoms with E-state index in [1.807, 2.05) is 0 Å². The molecular weight excluding hydrogens is 303 g/mol. The van der Waals surface area contributed by atoms with E-state index in [-0.39, 0.29) is 29.5 Å². The predicted octanol–water partition coefficient (Wildman–Crippen LogP) is 3.12. The SMILES string of the molecule is Cl.Nc1cc(-c2c(F)cc(Br)cc2F)[nH]n1. The summed E-state index contributed by atoms with van der Waals surface area (Å²) in [4.78, 5) is 0. The van der Waals surface area contributed by atoms with Crippen LogP contribution in [0.15, 0.2) is 22.7 Å². The molecule has 0 amide bonds. The highest BCUT2D eigenvalue weighted by Crippen LogP contribution is 2.28. The van der Waals surface area contributed by atoms with Crippen molar-refractivity contribution in [3.05, 3.63) is 34.3 Å². The zero-order valence-electron chi connectivity index (χ0n) is 7.80. The van der Waals surface area contributed by atoms with E-state index in [0.29, 0.717) is 4.47 Å². The smallest absolute Gasteiger partial charge is 0.145 e. The second kappa shape index (κ2) is 4.80. The lowest BCUT2D eigenvalue weighted by Crippen LogP contribution is -1.90. The first-order valence-electron chi connectivity index (χ1n) is 4.03. The molecule has 3 N–H and O–H groups in total. The summed E-state index contributed by atoms with van der Waals surface area (Å²) in [6.07, 6.45) is 0. The summed E-state index contributed by atoms with van der Waals surface area (Å²) < 4.78 is 27.2. The molecule has 16 heavy (non-hydrogen) atoms. The van der Waals surface area contributed by atoms with E-state index >= 15 is 0 Å². The molecule has 0 radical (unpaired) electrons. The fourth-order valence-electron chi connectivity index (χ4n) is 1.26. The fraction of sp³-hybridized carbons (Fsp3) is 0. The van der Waals surface area contributed by atoms with Crippen molar-refractivity contribution >= 4 is 34.2 Å². The molecule has 1 heterocycles.